The number of primary amides is 1. The summed E-state index contributed by atoms with van der Waals surface area (Å²) in [5, 5.41) is 28.8. The third kappa shape index (κ3) is 3.41. The van der Waals surface area contributed by atoms with Crippen LogP contribution in [-0.2, 0) is 9.53 Å². The number of nitrogens with zero attached hydrogens (tertiary/aromatic N) is 2. The summed E-state index contributed by atoms with van der Waals surface area (Å²) in [5.74, 6) is -0.543. The standard InChI is InChI=1S/C11H15N3O6S/c12-6(16)4-21-7-1-2-14(11(19)13-7)10-9(18)8(17)5(3-15)20-10/h1-2,5,8-10,15,17-18H,3-4H2,(H2,12,16)/t5-,8-,9-,10-/m1/s1. The van der Waals surface area contributed by atoms with Crippen LogP contribution in [-0.4, -0.2) is 61.4 Å². The molecule has 21 heavy (non-hydrogen) atoms. The topological polar surface area (TPSA) is 148 Å². The first kappa shape index (κ1) is 15.9. The summed E-state index contributed by atoms with van der Waals surface area (Å²) in [6.07, 6.45) is -3.42. The van der Waals surface area contributed by atoms with Crippen LogP contribution in [0.4, 0.5) is 0 Å². The molecule has 2 rings (SSSR count). The summed E-state index contributed by atoms with van der Waals surface area (Å²) in [6, 6.07) is 1.46. The molecule has 1 aliphatic heterocycles. The van der Waals surface area contributed by atoms with Crippen LogP contribution < -0.4 is 11.4 Å². The van der Waals surface area contributed by atoms with Crippen molar-refractivity contribution in [3.63, 3.8) is 0 Å². The van der Waals surface area contributed by atoms with E-state index in [0.717, 1.165) is 16.3 Å². The lowest BCUT2D eigenvalue weighted by molar-refractivity contribution is -0.115. The van der Waals surface area contributed by atoms with Gasteiger partial charge in [-0.15, -0.1) is 0 Å². The second-order valence-electron chi connectivity index (χ2n) is 4.44. The zero-order valence-electron chi connectivity index (χ0n) is 10.8. The van der Waals surface area contributed by atoms with Crippen molar-refractivity contribution >= 4 is 17.7 Å². The number of hydrogen-bond donors (Lipinski definition) is 4. The van der Waals surface area contributed by atoms with E-state index < -0.39 is 42.7 Å². The first-order valence-corrected chi connectivity index (χ1v) is 7.05. The molecule has 0 aliphatic carbocycles. The van der Waals surface area contributed by atoms with Gasteiger partial charge in [-0.05, 0) is 6.07 Å². The molecule has 9 nitrogen and oxygen atoms in total. The number of aliphatic hydroxyl groups excluding tert-OH is 3. The first-order valence-electron chi connectivity index (χ1n) is 6.06. The number of thioether (sulfide) groups is 1. The normalized spacial score (nSPS) is 28.7. The average Bonchev–Trinajstić information content (AvgIpc) is 2.73. The number of aliphatic hydroxyl groups is 3. The van der Waals surface area contributed by atoms with E-state index >= 15 is 0 Å². The molecule has 1 aromatic heterocycles. The molecular formula is C11H15N3O6S. The Morgan fingerprint density at radius 3 is 2.71 bits per heavy atom. The van der Waals surface area contributed by atoms with Gasteiger partial charge in [0.05, 0.1) is 12.4 Å². The molecule has 0 unspecified atom stereocenters. The molecule has 2 heterocycles. The molecule has 0 radical (unpaired) electrons. The van der Waals surface area contributed by atoms with Gasteiger partial charge in [0.15, 0.2) is 6.23 Å². The number of nitrogens with two attached hydrogens (primary N) is 1. The van der Waals surface area contributed by atoms with Crippen LogP contribution in [0.3, 0.4) is 0 Å². The van der Waals surface area contributed by atoms with Crippen molar-refractivity contribution in [3.8, 4) is 0 Å². The molecule has 1 saturated heterocycles. The smallest absolute Gasteiger partial charge is 0.350 e. The van der Waals surface area contributed by atoms with Gasteiger partial charge in [-0.25, -0.2) is 4.79 Å². The van der Waals surface area contributed by atoms with Crippen molar-refractivity contribution in [2.75, 3.05) is 12.4 Å². The second-order valence-corrected chi connectivity index (χ2v) is 5.44. The summed E-state index contributed by atoms with van der Waals surface area (Å²) in [5.41, 5.74) is 4.29. The SMILES string of the molecule is NC(=O)CSc1ccn([C@@H]2O[C@H](CO)[C@@H](O)[C@H]2O)c(=O)n1. The summed E-state index contributed by atoms with van der Waals surface area (Å²) in [6.45, 7) is -0.483. The van der Waals surface area contributed by atoms with E-state index in [4.69, 9.17) is 15.6 Å². The predicted octanol–water partition coefficient (Wildman–Crippen LogP) is -2.57. The van der Waals surface area contributed by atoms with E-state index in [2.05, 4.69) is 4.98 Å². The quantitative estimate of drug-likeness (QED) is 0.342. The van der Waals surface area contributed by atoms with Crippen molar-refractivity contribution in [1.82, 2.24) is 9.55 Å². The number of carbonyl (C=O) groups is 1. The zero-order chi connectivity index (χ0) is 15.6. The van der Waals surface area contributed by atoms with Gasteiger partial charge in [-0.1, -0.05) is 11.8 Å². The van der Waals surface area contributed by atoms with Crippen LogP contribution in [0.5, 0.6) is 0 Å². The average molecular weight is 317 g/mol. The Kier molecular flexibility index (Phi) is 4.96. The minimum atomic E-state index is -1.36. The largest absolute Gasteiger partial charge is 0.394 e. The lowest BCUT2D eigenvalue weighted by Crippen LogP contribution is -2.36. The summed E-state index contributed by atoms with van der Waals surface area (Å²) >= 11 is 1.01. The van der Waals surface area contributed by atoms with Crippen LogP contribution >= 0.6 is 11.8 Å². The van der Waals surface area contributed by atoms with Crippen LogP contribution in [0.25, 0.3) is 0 Å². The molecule has 116 valence electrons. The third-order valence-corrected chi connectivity index (χ3v) is 3.91. The van der Waals surface area contributed by atoms with Crippen molar-refractivity contribution < 1.29 is 24.9 Å². The lowest BCUT2D eigenvalue weighted by atomic mass is 10.1. The van der Waals surface area contributed by atoms with Gasteiger partial charge in [0.1, 0.15) is 23.3 Å². The first-order chi connectivity index (χ1) is 9.93. The van der Waals surface area contributed by atoms with Crippen molar-refractivity contribution in [2.45, 2.75) is 29.6 Å². The molecule has 10 heteroatoms. The van der Waals surface area contributed by atoms with Gasteiger partial charge in [-0.2, -0.15) is 4.98 Å². The molecule has 1 amide bonds. The third-order valence-electron chi connectivity index (χ3n) is 2.96. The minimum Gasteiger partial charge on any atom is -0.394 e. The Hall–Kier alpha value is -1.46. The molecule has 4 atom stereocenters. The number of aromatic nitrogens is 2. The zero-order valence-corrected chi connectivity index (χ0v) is 11.6. The van der Waals surface area contributed by atoms with Gasteiger partial charge in [0.2, 0.25) is 5.91 Å². The monoisotopic (exact) mass is 317 g/mol. The molecule has 0 bridgehead atoms. The molecule has 5 N–H and O–H groups in total. The predicted molar refractivity (Wildman–Crippen MR) is 71.4 cm³/mol. The molecular weight excluding hydrogens is 302 g/mol. The van der Waals surface area contributed by atoms with Gasteiger partial charge < -0.3 is 25.8 Å². The Labute approximate surface area is 123 Å². The van der Waals surface area contributed by atoms with E-state index in [0.29, 0.717) is 5.03 Å². The van der Waals surface area contributed by atoms with Crippen molar-refractivity contribution in [2.24, 2.45) is 5.73 Å². The molecule has 1 aliphatic rings. The number of hydrogen-bond acceptors (Lipinski definition) is 8. The van der Waals surface area contributed by atoms with Gasteiger partial charge in [0.25, 0.3) is 0 Å². The molecule has 1 aromatic rings. The van der Waals surface area contributed by atoms with Gasteiger partial charge >= 0.3 is 5.69 Å². The van der Waals surface area contributed by atoms with Crippen LogP contribution in [0.1, 0.15) is 6.23 Å². The van der Waals surface area contributed by atoms with Crippen LogP contribution in [0.2, 0.25) is 0 Å². The van der Waals surface area contributed by atoms with E-state index in [9.17, 15) is 19.8 Å². The highest BCUT2D eigenvalue weighted by atomic mass is 32.2. The summed E-state index contributed by atoms with van der Waals surface area (Å²) in [4.78, 5) is 26.3. The van der Waals surface area contributed by atoms with Gasteiger partial charge in [0, 0.05) is 6.20 Å². The number of rotatable bonds is 5. The molecule has 1 fully saturated rings. The van der Waals surface area contributed by atoms with Crippen molar-refractivity contribution in [3.05, 3.63) is 22.7 Å². The Balaban J connectivity index is 2.18. The Morgan fingerprint density at radius 2 is 2.19 bits per heavy atom. The second kappa shape index (κ2) is 6.54. The number of ether oxygens (including phenoxy) is 1. The van der Waals surface area contributed by atoms with E-state index in [-0.39, 0.29) is 5.75 Å². The minimum absolute atomic E-state index is 0.00962. The maximum absolute atomic E-state index is 11.9. The summed E-state index contributed by atoms with van der Waals surface area (Å²) in [7, 11) is 0. The number of carbonyl (C=O) groups excluding carboxylic acids is 1. The molecule has 0 spiro atoms. The fraction of sp³-hybridized carbons (Fsp3) is 0.545. The Morgan fingerprint density at radius 1 is 1.48 bits per heavy atom. The number of amides is 1. The van der Waals surface area contributed by atoms with Gasteiger partial charge in [-0.3, -0.25) is 9.36 Å². The van der Waals surface area contributed by atoms with E-state index in [1.165, 1.54) is 12.3 Å². The highest BCUT2D eigenvalue weighted by Gasteiger charge is 2.43. The fourth-order valence-corrected chi connectivity index (χ4v) is 2.52. The van der Waals surface area contributed by atoms with E-state index in [1.807, 2.05) is 0 Å². The van der Waals surface area contributed by atoms with E-state index in [1.54, 1.807) is 0 Å². The highest BCUT2D eigenvalue weighted by Crippen LogP contribution is 2.28. The fourth-order valence-electron chi connectivity index (χ4n) is 1.93. The molecule has 0 saturated carbocycles. The lowest BCUT2D eigenvalue weighted by Gasteiger charge is -2.17. The summed E-state index contributed by atoms with van der Waals surface area (Å²) < 4.78 is 6.24. The maximum atomic E-state index is 11.9. The van der Waals surface area contributed by atoms with Crippen LogP contribution in [0.15, 0.2) is 22.1 Å². The highest BCUT2D eigenvalue weighted by molar-refractivity contribution is 7.99. The molecule has 0 aromatic carbocycles. The Bertz CT molecular complexity index is 579. The maximum Gasteiger partial charge on any atom is 0.350 e. The van der Waals surface area contributed by atoms with Crippen LogP contribution in [0, 0.1) is 0 Å². The van der Waals surface area contributed by atoms with Crippen molar-refractivity contribution in [1.29, 1.82) is 0 Å².